The average Bonchev–Trinajstić information content (AvgIpc) is 2.98. The van der Waals surface area contributed by atoms with Crippen LogP contribution in [0.25, 0.3) is 0 Å². The Morgan fingerprint density at radius 3 is 2.52 bits per heavy atom. The molecule has 0 saturated heterocycles. The molecular formula is C17H16ClN5OS. The van der Waals surface area contributed by atoms with Crippen LogP contribution in [0.2, 0.25) is 5.02 Å². The van der Waals surface area contributed by atoms with Crippen molar-refractivity contribution in [2.75, 3.05) is 10.6 Å². The molecule has 0 aliphatic heterocycles. The molecule has 1 aromatic carbocycles. The van der Waals surface area contributed by atoms with E-state index < -0.39 is 0 Å². The molecule has 128 valence electrons. The molecule has 0 saturated carbocycles. The van der Waals surface area contributed by atoms with Gasteiger partial charge >= 0.3 is 0 Å². The van der Waals surface area contributed by atoms with Crippen molar-refractivity contribution < 1.29 is 4.79 Å². The van der Waals surface area contributed by atoms with Crippen LogP contribution >= 0.6 is 22.9 Å². The van der Waals surface area contributed by atoms with Crippen molar-refractivity contribution >= 4 is 45.6 Å². The Kier molecular flexibility index (Phi) is 4.96. The summed E-state index contributed by atoms with van der Waals surface area (Å²) in [5.41, 5.74) is 3.63. The maximum absolute atomic E-state index is 12.4. The van der Waals surface area contributed by atoms with Gasteiger partial charge in [0.15, 0.2) is 5.13 Å². The Morgan fingerprint density at radius 1 is 1.08 bits per heavy atom. The van der Waals surface area contributed by atoms with Gasteiger partial charge in [-0.2, -0.15) is 0 Å². The van der Waals surface area contributed by atoms with Gasteiger partial charge in [-0.1, -0.05) is 17.7 Å². The molecule has 1 amide bonds. The van der Waals surface area contributed by atoms with Crippen LogP contribution in [0.3, 0.4) is 0 Å². The smallest absolute Gasteiger partial charge is 0.275 e. The highest BCUT2D eigenvalue weighted by Gasteiger charge is 2.13. The fraction of sp³-hybridized carbons (Fsp3) is 0.176. The van der Waals surface area contributed by atoms with Crippen molar-refractivity contribution in [2.24, 2.45) is 0 Å². The number of hydrogen-bond donors (Lipinski definition) is 2. The van der Waals surface area contributed by atoms with Crippen LogP contribution in [-0.2, 0) is 0 Å². The summed E-state index contributed by atoms with van der Waals surface area (Å²) in [5, 5.41) is 8.65. The Bertz CT molecular complexity index is 920. The van der Waals surface area contributed by atoms with Gasteiger partial charge in [-0.05, 0) is 44.5 Å². The van der Waals surface area contributed by atoms with Gasteiger partial charge in [0.05, 0.1) is 0 Å². The first-order chi connectivity index (χ1) is 11.9. The third-order valence-corrected chi connectivity index (χ3v) is 4.38. The van der Waals surface area contributed by atoms with Gasteiger partial charge in [0.1, 0.15) is 5.69 Å². The molecule has 0 aliphatic carbocycles. The first-order valence-electron chi connectivity index (χ1n) is 7.53. The molecule has 0 fully saturated rings. The minimum atomic E-state index is -0.295. The average molecular weight is 374 g/mol. The number of carbonyl (C=O) groups is 1. The third kappa shape index (κ3) is 4.32. The van der Waals surface area contributed by atoms with E-state index in [9.17, 15) is 4.79 Å². The van der Waals surface area contributed by atoms with E-state index in [1.54, 1.807) is 17.5 Å². The van der Waals surface area contributed by atoms with E-state index in [2.05, 4.69) is 25.6 Å². The summed E-state index contributed by atoms with van der Waals surface area (Å²) in [5.74, 6) is 0.167. The molecule has 0 spiro atoms. The number of anilines is 3. The summed E-state index contributed by atoms with van der Waals surface area (Å²) in [6, 6.07) is 7.23. The number of benzene rings is 1. The van der Waals surface area contributed by atoms with Gasteiger partial charge in [-0.25, -0.2) is 15.0 Å². The standard InChI is InChI=1S/C17H16ClN5OS/c1-9-4-5-12(18)7-13(9)21-15(24)14-8-25-17(22-14)23-16-19-10(2)6-11(3)20-16/h4-8H,1-3H3,(H,21,24)(H,19,20,22,23). The van der Waals surface area contributed by atoms with Gasteiger partial charge in [-0.3, -0.25) is 4.79 Å². The molecule has 2 N–H and O–H groups in total. The number of rotatable bonds is 4. The van der Waals surface area contributed by atoms with Crippen LogP contribution in [0.5, 0.6) is 0 Å². The number of thiazole rings is 1. The van der Waals surface area contributed by atoms with Gasteiger partial charge < -0.3 is 10.6 Å². The predicted molar refractivity (Wildman–Crippen MR) is 101 cm³/mol. The van der Waals surface area contributed by atoms with E-state index in [-0.39, 0.29) is 5.91 Å². The molecule has 3 rings (SSSR count). The van der Waals surface area contributed by atoms with Crippen molar-refractivity contribution in [1.29, 1.82) is 0 Å². The van der Waals surface area contributed by atoms with Crippen molar-refractivity contribution in [3.63, 3.8) is 0 Å². The lowest BCUT2D eigenvalue weighted by molar-refractivity contribution is 0.102. The van der Waals surface area contributed by atoms with E-state index in [4.69, 9.17) is 11.6 Å². The lowest BCUT2D eigenvalue weighted by atomic mass is 10.2. The second-order valence-corrected chi connectivity index (χ2v) is 6.85. The number of carbonyl (C=O) groups excluding carboxylic acids is 1. The van der Waals surface area contributed by atoms with Crippen LogP contribution in [0.4, 0.5) is 16.8 Å². The van der Waals surface area contributed by atoms with Crippen LogP contribution in [0, 0.1) is 20.8 Å². The number of nitrogens with one attached hydrogen (secondary N) is 2. The SMILES string of the molecule is Cc1cc(C)nc(Nc2nc(C(=O)Nc3cc(Cl)ccc3C)cs2)n1. The van der Waals surface area contributed by atoms with Crippen LogP contribution in [0.15, 0.2) is 29.6 Å². The van der Waals surface area contributed by atoms with E-state index in [0.717, 1.165) is 17.0 Å². The zero-order chi connectivity index (χ0) is 18.0. The minimum Gasteiger partial charge on any atom is -0.320 e. The first kappa shape index (κ1) is 17.3. The normalized spacial score (nSPS) is 10.6. The summed E-state index contributed by atoms with van der Waals surface area (Å²) in [6.45, 7) is 5.69. The molecule has 8 heteroatoms. The lowest BCUT2D eigenvalue weighted by Crippen LogP contribution is -2.13. The highest BCUT2D eigenvalue weighted by molar-refractivity contribution is 7.14. The van der Waals surface area contributed by atoms with Gasteiger partial charge in [0.25, 0.3) is 5.91 Å². The van der Waals surface area contributed by atoms with Crippen LogP contribution < -0.4 is 10.6 Å². The fourth-order valence-corrected chi connectivity index (χ4v) is 3.08. The summed E-state index contributed by atoms with van der Waals surface area (Å²) < 4.78 is 0. The predicted octanol–water partition coefficient (Wildman–Crippen LogP) is 4.51. The van der Waals surface area contributed by atoms with Crippen molar-refractivity contribution in [3.8, 4) is 0 Å². The third-order valence-electron chi connectivity index (χ3n) is 3.39. The summed E-state index contributed by atoms with van der Waals surface area (Å²) in [6.07, 6.45) is 0. The molecule has 0 unspecified atom stereocenters. The quantitative estimate of drug-likeness (QED) is 0.703. The zero-order valence-electron chi connectivity index (χ0n) is 13.9. The summed E-state index contributed by atoms with van der Waals surface area (Å²) in [7, 11) is 0. The monoisotopic (exact) mass is 373 g/mol. The van der Waals surface area contributed by atoms with E-state index in [1.165, 1.54) is 11.3 Å². The van der Waals surface area contributed by atoms with Crippen molar-refractivity contribution in [1.82, 2.24) is 15.0 Å². The Labute approximate surface area is 154 Å². The van der Waals surface area contributed by atoms with Gasteiger partial charge in [0.2, 0.25) is 5.95 Å². The minimum absolute atomic E-state index is 0.295. The van der Waals surface area contributed by atoms with Crippen LogP contribution in [-0.4, -0.2) is 20.9 Å². The van der Waals surface area contributed by atoms with E-state index >= 15 is 0 Å². The maximum atomic E-state index is 12.4. The van der Waals surface area contributed by atoms with Crippen molar-refractivity contribution in [3.05, 3.63) is 57.3 Å². The molecule has 3 aromatic rings. The topological polar surface area (TPSA) is 79.8 Å². The number of hydrogen-bond acceptors (Lipinski definition) is 6. The largest absolute Gasteiger partial charge is 0.320 e. The number of nitrogens with zero attached hydrogens (tertiary/aromatic N) is 3. The molecule has 0 bridgehead atoms. The Morgan fingerprint density at radius 2 is 1.80 bits per heavy atom. The number of aromatic nitrogens is 3. The highest BCUT2D eigenvalue weighted by Crippen LogP contribution is 2.23. The van der Waals surface area contributed by atoms with E-state index in [0.29, 0.717) is 27.5 Å². The summed E-state index contributed by atoms with van der Waals surface area (Å²) >= 11 is 7.29. The van der Waals surface area contributed by atoms with Crippen LogP contribution in [0.1, 0.15) is 27.4 Å². The molecule has 6 nitrogen and oxygen atoms in total. The van der Waals surface area contributed by atoms with Gasteiger partial charge in [0, 0.05) is 27.5 Å². The molecule has 0 aliphatic rings. The Hall–Kier alpha value is -2.51. The first-order valence-corrected chi connectivity index (χ1v) is 8.79. The summed E-state index contributed by atoms with van der Waals surface area (Å²) in [4.78, 5) is 25.3. The van der Waals surface area contributed by atoms with Gasteiger partial charge in [-0.15, -0.1) is 11.3 Å². The Balaban J connectivity index is 1.74. The second-order valence-electron chi connectivity index (χ2n) is 5.55. The molecule has 2 heterocycles. The zero-order valence-corrected chi connectivity index (χ0v) is 15.5. The lowest BCUT2D eigenvalue weighted by Gasteiger charge is -2.07. The second kappa shape index (κ2) is 7.16. The molecule has 0 atom stereocenters. The van der Waals surface area contributed by atoms with E-state index in [1.807, 2.05) is 32.9 Å². The highest BCUT2D eigenvalue weighted by atomic mass is 35.5. The molecule has 2 aromatic heterocycles. The molecular weight excluding hydrogens is 358 g/mol. The fourth-order valence-electron chi connectivity index (χ4n) is 2.23. The molecule has 25 heavy (non-hydrogen) atoms. The molecule has 0 radical (unpaired) electrons. The maximum Gasteiger partial charge on any atom is 0.275 e. The number of amides is 1. The number of halogens is 1. The van der Waals surface area contributed by atoms with Crippen molar-refractivity contribution in [2.45, 2.75) is 20.8 Å². The number of aryl methyl sites for hydroxylation is 3.